The van der Waals surface area contributed by atoms with Crippen molar-refractivity contribution < 1.29 is 8.95 Å². The van der Waals surface area contributed by atoms with Crippen molar-refractivity contribution in [2.24, 2.45) is 4.36 Å². The van der Waals surface area contributed by atoms with Crippen LogP contribution in [0.25, 0.3) is 0 Å². The number of fused-ring (bicyclic) bond motifs is 3. The highest BCUT2D eigenvalue weighted by molar-refractivity contribution is 7.92. The Hall–Kier alpha value is -3.28. The molecule has 0 saturated carbocycles. The summed E-state index contributed by atoms with van der Waals surface area (Å²) < 4.78 is 23.1. The zero-order chi connectivity index (χ0) is 29.0. The molecular formula is C30H40N8O2S. The van der Waals surface area contributed by atoms with Crippen LogP contribution in [0.5, 0.6) is 0 Å². The molecule has 2 saturated heterocycles. The predicted octanol–water partition coefficient (Wildman–Crippen LogP) is 4.70. The van der Waals surface area contributed by atoms with Gasteiger partial charge in [-0.15, -0.1) is 0 Å². The maximum absolute atomic E-state index is 12.4. The SMILES string of the molecule is CN1CCN(c2ccc(Nc3ncc4c(n3)N(c3cccc(N=S(C)(C)=O)n3)[C@@H]3CC(C)(C)OC[C@]43C)cc2)CC1. The van der Waals surface area contributed by atoms with Gasteiger partial charge in [0, 0.05) is 77.0 Å². The van der Waals surface area contributed by atoms with Crippen molar-refractivity contribution in [3.63, 3.8) is 0 Å². The summed E-state index contributed by atoms with van der Waals surface area (Å²) in [6.07, 6.45) is 5.95. The highest BCUT2D eigenvalue weighted by atomic mass is 32.2. The van der Waals surface area contributed by atoms with E-state index in [1.807, 2.05) is 18.3 Å². The molecule has 0 aliphatic carbocycles. The van der Waals surface area contributed by atoms with Crippen molar-refractivity contribution in [3.05, 3.63) is 54.2 Å². The van der Waals surface area contributed by atoms with E-state index in [2.05, 4.69) is 76.5 Å². The Morgan fingerprint density at radius 1 is 1.02 bits per heavy atom. The van der Waals surface area contributed by atoms with Gasteiger partial charge in [0.15, 0.2) is 5.82 Å². The quantitative estimate of drug-likeness (QED) is 0.463. The monoisotopic (exact) mass is 576 g/mol. The van der Waals surface area contributed by atoms with Crippen LogP contribution in [-0.4, -0.2) is 88.0 Å². The fraction of sp³-hybridized carbons (Fsp3) is 0.500. The van der Waals surface area contributed by atoms with E-state index in [0.717, 1.165) is 55.5 Å². The van der Waals surface area contributed by atoms with Crippen LogP contribution in [0, 0.1) is 0 Å². The number of hydrogen-bond donors (Lipinski definition) is 1. The predicted molar refractivity (Wildman–Crippen MR) is 166 cm³/mol. The van der Waals surface area contributed by atoms with Crippen molar-refractivity contribution in [2.75, 3.05) is 67.5 Å². The molecule has 10 nitrogen and oxygen atoms in total. The molecule has 3 aliphatic heterocycles. The van der Waals surface area contributed by atoms with Crippen molar-refractivity contribution in [3.8, 4) is 0 Å². The minimum Gasteiger partial charge on any atom is -0.374 e. The van der Waals surface area contributed by atoms with Gasteiger partial charge in [-0.3, -0.25) is 0 Å². The van der Waals surface area contributed by atoms with Crippen molar-refractivity contribution in [1.29, 1.82) is 0 Å². The summed E-state index contributed by atoms with van der Waals surface area (Å²) in [7, 11) is -0.185. The normalized spacial score (nSPS) is 24.1. The average Bonchev–Trinajstić information content (AvgIpc) is 3.15. The molecule has 2 fully saturated rings. The van der Waals surface area contributed by atoms with Crippen molar-refractivity contribution in [1.82, 2.24) is 19.9 Å². The number of benzene rings is 1. The van der Waals surface area contributed by atoms with Gasteiger partial charge in [0.05, 0.1) is 18.2 Å². The van der Waals surface area contributed by atoms with Gasteiger partial charge < -0.3 is 24.8 Å². The summed E-state index contributed by atoms with van der Waals surface area (Å²) >= 11 is 0. The molecule has 6 rings (SSSR count). The van der Waals surface area contributed by atoms with E-state index in [1.165, 1.54) is 5.69 Å². The molecule has 0 unspecified atom stereocenters. The number of hydrogen-bond acceptors (Lipinski definition) is 10. The van der Waals surface area contributed by atoms with Crippen LogP contribution in [0.1, 0.15) is 32.8 Å². The third-order valence-corrected chi connectivity index (χ3v) is 9.01. The van der Waals surface area contributed by atoms with Gasteiger partial charge in [-0.05, 0) is 63.7 Å². The lowest BCUT2D eigenvalue weighted by atomic mass is 9.73. The van der Waals surface area contributed by atoms with Gasteiger partial charge in [0.2, 0.25) is 5.95 Å². The fourth-order valence-electron chi connectivity index (χ4n) is 6.03. The molecule has 3 aromatic rings. The van der Waals surface area contributed by atoms with Crippen LogP contribution < -0.4 is 15.1 Å². The average molecular weight is 577 g/mol. The molecule has 2 aromatic heterocycles. The maximum atomic E-state index is 12.4. The zero-order valence-electron chi connectivity index (χ0n) is 24.8. The standard InChI is InChI=1S/C30H40N8O2S/c1-29(2)18-24-30(3,20-40-29)23-19-31-28(32-21-10-12-22(13-11-21)37-16-14-36(4)15-17-37)34-27(23)38(24)26-9-7-8-25(33-26)35-41(5,6)39/h7-13,19,24H,14-18,20H2,1-6H3,(H,31,32,34)/t24-,30-/m1/s1. The van der Waals surface area contributed by atoms with Gasteiger partial charge in [-0.25, -0.2) is 14.2 Å². The molecule has 1 N–H and O–H groups in total. The van der Waals surface area contributed by atoms with Gasteiger partial charge in [0.25, 0.3) is 0 Å². The highest BCUT2D eigenvalue weighted by Crippen LogP contribution is 2.53. The third-order valence-electron chi connectivity index (χ3n) is 8.38. The smallest absolute Gasteiger partial charge is 0.229 e. The second kappa shape index (κ2) is 10.2. The maximum Gasteiger partial charge on any atom is 0.229 e. The van der Waals surface area contributed by atoms with Crippen LogP contribution in [-0.2, 0) is 19.9 Å². The summed E-state index contributed by atoms with van der Waals surface area (Å²) in [6, 6.07) is 14.2. The summed E-state index contributed by atoms with van der Waals surface area (Å²) in [5.41, 5.74) is 2.58. The van der Waals surface area contributed by atoms with Crippen molar-refractivity contribution >= 4 is 44.5 Å². The van der Waals surface area contributed by atoms with Gasteiger partial charge >= 0.3 is 0 Å². The highest BCUT2D eigenvalue weighted by Gasteiger charge is 2.55. The molecule has 5 heterocycles. The molecule has 1 aromatic carbocycles. The lowest BCUT2D eigenvalue weighted by Crippen LogP contribution is -2.54. The number of pyridine rings is 1. The zero-order valence-corrected chi connectivity index (χ0v) is 25.6. The van der Waals surface area contributed by atoms with E-state index in [-0.39, 0.29) is 17.1 Å². The minimum absolute atomic E-state index is 0.0593. The van der Waals surface area contributed by atoms with E-state index < -0.39 is 9.73 Å². The Morgan fingerprint density at radius 2 is 1.76 bits per heavy atom. The Kier molecular flexibility index (Phi) is 6.94. The van der Waals surface area contributed by atoms with E-state index in [4.69, 9.17) is 19.7 Å². The van der Waals surface area contributed by atoms with Gasteiger partial charge in [0.1, 0.15) is 11.6 Å². The van der Waals surface area contributed by atoms with Crippen molar-refractivity contribution in [2.45, 2.75) is 44.2 Å². The molecular weight excluding hydrogens is 536 g/mol. The Morgan fingerprint density at radius 3 is 2.46 bits per heavy atom. The van der Waals surface area contributed by atoms with Gasteiger partial charge in [-0.1, -0.05) is 13.0 Å². The summed E-state index contributed by atoms with van der Waals surface area (Å²) in [4.78, 5) is 21.6. The number of rotatable bonds is 5. The fourth-order valence-corrected chi connectivity index (χ4v) is 6.58. The second-order valence-corrected chi connectivity index (χ2v) is 15.1. The number of nitrogens with one attached hydrogen (secondary N) is 1. The first-order valence-electron chi connectivity index (χ1n) is 14.2. The first kappa shape index (κ1) is 27.9. The molecule has 0 amide bonds. The molecule has 0 radical (unpaired) electrons. The number of aromatic nitrogens is 3. The third kappa shape index (κ3) is 5.62. The Bertz CT molecular complexity index is 1550. The van der Waals surface area contributed by atoms with E-state index in [9.17, 15) is 4.21 Å². The molecule has 11 heteroatoms. The largest absolute Gasteiger partial charge is 0.374 e. The number of piperazine rings is 1. The lowest BCUT2D eigenvalue weighted by Gasteiger charge is -2.46. The number of ether oxygens (including phenoxy) is 1. The van der Waals surface area contributed by atoms with Crippen LogP contribution >= 0.6 is 0 Å². The number of nitrogens with zero attached hydrogens (tertiary/aromatic N) is 7. The van der Waals surface area contributed by atoms with E-state index >= 15 is 0 Å². The molecule has 3 aliphatic rings. The number of likely N-dealkylation sites (N-methyl/N-ethyl adjacent to an activating group) is 1. The van der Waals surface area contributed by atoms with Gasteiger partial charge in [-0.2, -0.15) is 9.35 Å². The van der Waals surface area contributed by atoms with Crippen LogP contribution in [0.15, 0.2) is 53.0 Å². The summed E-state index contributed by atoms with van der Waals surface area (Å²) in [5.74, 6) is 2.51. The second-order valence-electron chi connectivity index (χ2n) is 12.6. The first-order chi connectivity index (χ1) is 19.4. The first-order valence-corrected chi connectivity index (χ1v) is 16.5. The van der Waals surface area contributed by atoms with E-state index in [0.29, 0.717) is 18.4 Å². The number of anilines is 5. The summed E-state index contributed by atoms with van der Waals surface area (Å²) in [5, 5.41) is 3.41. The Balaban J connectivity index is 1.34. The Labute approximate surface area is 243 Å². The summed E-state index contributed by atoms with van der Waals surface area (Å²) in [6.45, 7) is 11.2. The van der Waals surface area contributed by atoms with Crippen LogP contribution in [0.3, 0.4) is 0 Å². The lowest BCUT2D eigenvalue weighted by molar-refractivity contribution is -0.0893. The molecule has 41 heavy (non-hydrogen) atoms. The topological polar surface area (TPSA) is 99.1 Å². The molecule has 2 atom stereocenters. The van der Waals surface area contributed by atoms with Crippen LogP contribution in [0.2, 0.25) is 0 Å². The molecule has 0 bridgehead atoms. The molecule has 218 valence electrons. The van der Waals surface area contributed by atoms with E-state index in [1.54, 1.807) is 18.6 Å². The van der Waals surface area contributed by atoms with Crippen LogP contribution in [0.4, 0.5) is 34.8 Å². The molecule has 0 spiro atoms. The minimum atomic E-state index is -2.35.